The van der Waals surface area contributed by atoms with Crippen molar-refractivity contribution in [2.24, 2.45) is 0 Å². The number of benzene rings is 3. The molecule has 0 aliphatic heterocycles. The summed E-state index contributed by atoms with van der Waals surface area (Å²) in [7, 11) is -0.587. The van der Waals surface area contributed by atoms with E-state index in [0.717, 1.165) is 17.8 Å². The molecule has 0 spiro atoms. The molecule has 3 fully saturated rings. The zero-order valence-corrected chi connectivity index (χ0v) is 32.1. The SMILES string of the molecule is c1cc([SH](c2ccc(C3CCCCCCCCC3)cc2)c2ccc(C3CCCCCCCCC3)cc2)ccc1C1CCCCCCCCC1. The van der Waals surface area contributed by atoms with E-state index in [0.29, 0.717) is 0 Å². The topological polar surface area (TPSA) is 0 Å². The number of thiol groups is 1. The second kappa shape index (κ2) is 20.8. The van der Waals surface area contributed by atoms with Gasteiger partial charge < -0.3 is 0 Å². The maximum atomic E-state index is 2.53. The standard InChI is InChI=1S/C48H70S/c1-4-10-16-22-40(23-17-11-5-1)43-28-34-46(35-29-43)49(47-36-30-44(31-37-47)41-24-18-12-6-2-7-13-19-25-41)48-38-32-45(33-39-48)42-26-20-14-8-3-9-15-21-27-42/h28-42,49H,1-27H2. The van der Waals surface area contributed by atoms with E-state index < -0.39 is 10.9 Å². The van der Waals surface area contributed by atoms with E-state index in [1.54, 1.807) is 16.7 Å². The third-order valence-corrected chi connectivity index (χ3v) is 15.1. The Bertz CT molecular complexity index is 1110. The van der Waals surface area contributed by atoms with Crippen LogP contribution in [0, 0.1) is 0 Å². The fourth-order valence-electron chi connectivity index (χ4n) is 9.56. The van der Waals surface area contributed by atoms with Gasteiger partial charge in [-0.15, -0.1) is 0 Å². The first-order valence-corrected chi connectivity index (χ1v) is 22.8. The average molecular weight is 679 g/mol. The van der Waals surface area contributed by atoms with Crippen LogP contribution >= 0.6 is 10.9 Å². The van der Waals surface area contributed by atoms with Gasteiger partial charge in [-0.3, -0.25) is 0 Å². The number of rotatable bonds is 6. The van der Waals surface area contributed by atoms with Crippen molar-refractivity contribution in [1.82, 2.24) is 0 Å². The van der Waals surface area contributed by atoms with Gasteiger partial charge in [0.2, 0.25) is 0 Å². The van der Waals surface area contributed by atoms with E-state index in [2.05, 4.69) is 72.8 Å². The smallest absolute Gasteiger partial charge is 0.00450 e. The summed E-state index contributed by atoms with van der Waals surface area (Å²) < 4.78 is 0. The molecule has 268 valence electrons. The van der Waals surface area contributed by atoms with Gasteiger partial charge >= 0.3 is 0 Å². The summed E-state index contributed by atoms with van der Waals surface area (Å²) in [5.74, 6) is 2.23. The highest BCUT2D eigenvalue weighted by Gasteiger charge is 2.19. The summed E-state index contributed by atoms with van der Waals surface area (Å²) in [4.78, 5) is 4.57. The Hall–Kier alpha value is -1.99. The molecule has 49 heavy (non-hydrogen) atoms. The molecule has 6 rings (SSSR count). The minimum Gasteiger partial charge on any atom is -0.173 e. The lowest BCUT2D eigenvalue weighted by Crippen LogP contribution is -2.02. The maximum Gasteiger partial charge on any atom is -0.00450 e. The third kappa shape index (κ3) is 11.5. The Morgan fingerprint density at radius 3 is 0.633 bits per heavy atom. The lowest BCUT2D eigenvalue weighted by Gasteiger charge is -2.27. The molecule has 1 heteroatoms. The highest BCUT2D eigenvalue weighted by Crippen LogP contribution is 2.52. The van der Waals surface area contributed by atoms with E-state index in [1.807, 2.05) is 0 Å². The largest absolute Gasteiger partial charge is 0.173 e. The fourth-order valence-corrected chi connectivity index (χ4v) is 11.8. The summed E-state index contributed by atoms with van der Waals surface area (Å²) in [6, 6.07) is 30.4. The molecule has 0 bridgehead atoms. The molecule has 0 aromatic heterocycles. The molecule has 0 radical (unpaired) electrons. The van der Waals surface area contributed by atoms with Crippen molar-refractivity contribution in [2.75, 3.05) is 0 Å². The summed E-state index contributed by atoms with van der Waals surface area (Å²) in [5.41, 5.74) is 4.78. The lowest BCUT2D eigenvalue weighted by atomic mass is 9.87. The summed E-state index contributed by atoms with van der Waals surface area (Å²) in [5, 5.41) is 0. The predicted molar refractivity (Wildman–Crippen MR) is 216 cm³/mol. The van der Waals surface area contributed by atoms with Crippen molar-refractivity contribution >= 4 is 10.9 Å². The van der Waals surface area contributed by atoms with Crippen LogP contribution in [0.5, 0.6) is 0 Å². The Balaban J connectivity index is 1.25. The number of hydrogen-bond donors (Lipinski definition) is 1. The van der Waals surface area contributed by atoms with Gasteiger partial charge in [-0.05, 0) is 124 Å². The zero-order chi connectivity index (χ0) is 33.4. The summed E-state index contributed by atoms with van der Waals surface area (Å²) >= 11 is 0. The Labute approximate surface area is 305 Å². The van der Waals surface area contributed by atoms with Gasteiger partial charge in [0.1, 0.15) is 0 Å². The van der Waals surface area contributed by atoms with Crippen LogP contribution in [0.3, 0.4) is 0 Å². The molecule has 0 unspecified atom stereocenters. The van der Waals surface area contributed by atoms with Crippen LogP contribution < -0.4 is 0 Å². The Morgan fingerprint density at radius 1 is 0.245 bits per heavy atom. The molecule has 3 aromatic rings. The fraction of sp³-hybridized carbons (Fsp3) is 0.625. The van der Waals surface area contributed by atoms with Crippen molar-refractivity contribution < 1.29 is 0 Å². The van der Waals surface area contributed by atoms with Gasteiger partial charge in [-0.25, -0.2) is 0 Å². The molecule has 3 aliphatic rings. The molecule has 3 saturated carbocycles. The second-order valence-corrected chi connectivity index (χ2v) is 18.6. The van der Waals surface area contributed by atoms with Crippen LogP contribution in [0.2, 0.25) is 0 Å². The monoisotopic (exact) mass is 679 g/mol. The average Bonchev–Trinajstić information content (AvgIpc) is 3.16. The molecule has 3 aromatic carbocycles. The van der Waals surface area contributed by atoms with E-state index in [9.17, 15) is 0 Å². The zero-order valence-electron chi connectivity index (χ0n) is 31.2. The first kappa shape index (κ1) is 36.8. The third-order valence-electron chi connectivity index (χ3n) is 12.7. The molecule has 0 nitrogen and oxygen atoms in total. The van der Waals surface area contributed by atoms with Crippen LogP contribution in [0.15, 0.2) is 87.5 Å². The van der Waals surface area contributed by atoms with Gasteiger partial charge in [-0.1, -0.05) is 171 Å². The van der Waals surface area contributed by atoms with Crippen molar-refractivity contribution in [3.8, 4) is 0 Å². The Morgan fingerprint density at radius 2 is 0.429 bits per heavy atom. The van der Waals surface area contributed by atoms with Crippen molar-refractivity contribution in [3.05, 3.63) is 89.5 Å². The summed E-state index contributed by atoms with van der Waals surface area (Å²) in [6.45, 7) is 0. The molecule has 0 amide bonds. The minimum absolute atomic E-state index is 0.587. The van der Waals surface area contributed by atoms with Crippen LogP contribution in [0.4, 0.5) is 0 Å². The molecule has 0 atom stereocenters. The molecule has 3 aliphatic carbocycles. The van der Waals surface area contributed by atoms with E-state index in [1.165, 1.54) is 188 Å². The van der Waals surface area contributed by atoms with Crippen molar-refractivity contribution in [1.29, 1.82) is 0 Å². The minimum atomic E-state index is -0.587. The maximum absolute atomic E-state index is 2.53. The van der Waals surface area contributed by atoms with Crippen LogP contribution in [-0.2, 0) is 0 Å². The van der Waals surface area contributed by atoms with Crippen molar-refractivity contribution in [3.63, 3.8) is 0 Å². The molecular formula is C48H70S. The first-order valence-electron chi connectivity index (χ1n) is 21.5. The highest BCUT2D eigenvalue weighted by molar-refractivity contribution is 8.17. The van der Waals surface area contributed by atoms with E-state index in [4.69, 9.17) is 0 Å². The van der Waals surface area contributed by atoms with Crippen LogP contribution in [0.25, 0.3) is 0 Å². The second-order valence-electron chi connectivity index (χ2n) is 16.4. The van der Waals surface area contributed by atoms with Crippen molar-refractivity contribution in [2.45, 2.75) is 206 Å². The van der Waals surface area contributed by atoms with Gasteiger partial charge in [0.25, 0.3) is 0 Å². The molecule has 0 heterocycles. The quantitative estimate of drug-likeness (QED) is 0.247. The van der Waals surface area contributed by atoms with Gasteiger partial charge in [0.05, 0.1) is 0 Å². The lowest BCUT2D eigenvalue weighted by molar-refractivity contribution is 0.462. The Kier molecular flexibility index (Phi) is 15.6. The molecular weight excluding hydrogens is 609 g/mol. The van der Waals surface area contributed by atoms with Crippen LogP contribution in [-0.4, -0.2) is 0 Å². The molecule has 0 N–H and O–H groups in total. The van der Waals surface area contributed by atoms with Gasteiger partial charge in [0.15, 0.2) is 0 Å². The van der Waals surface area contributed by atoms with E-state index >= 15 is 0 Å². The highest BCUT2D eigenvalue weighted by atomic mass is 32.2. The van der Waals surface area contributed by atoms with E-state index in [-0.39, 0.29) is 0 Å². The summed E-state index contributed by atoms with van der Waals surface area (Å²) in [6.07, 6.45) is 38.2. The van der Waals surface area contributed by atoms with Gasteiger partial charge in [-0.2, -0.15) is 10.9 Å². The normalized spacial score (nSPS) is 21.4. The van der Waals surface area contributed by atoms with Crippen LogP contribution in [0.1, 0.15) is 208 Å². The molecule has 0 saturated heterocycles. The van der Waals surface area contributed by atoms with Gasteiger partial charge in [0, 0.05) is 0 Å². The number of hydrogen-bond acceptors (Lipinski definition) is 0. The predicted octanol–water partition coefficient (Wildman–Crippen LogP) is 16.0. The first-order chi connectivity index (χ1) is 24.3.